The lowest BCUT2D eigenvalue weighted by atomic mass is 9.99. The number of hydrogen-bond donors (Lipinski definition) is 6. The molecule has 0 radical (unpaired) electrons. The second-order valence-electron chi connectivity index (χ2n) is 22.2. The third-order valence-corrected chi connectivity index (χ3v) is 14.7. The van der Waals surface area contributed by atoms with Gasteiger partial charge >= 0.3 is 0 Å². The van der Waals surface area contributed by atoms with Gasteiger partial charge in [0.25, 0.3) is 0 Å². The summed E-state index contributed by atoms with van der Waals surface area (Å²) in [5.74, 6) is -0.226. The highest BCUT2D eigenvalue weighted by Crippen LogP contribution is 2.23. The number of allylic oxidation sites excluding steroid dienone is 19. The normalized spacial score (nSPS) is 19.3. The Morgan fingerprint density at radius 3 is 1.20 bits per heavy atom. The van der Waals surface area contributed by atoms with Gasteiger partial charge in [-0.3, -0.25) is 4.79 Å². The first-order valence-electron chi connectivity index (χ1n) is 32.8. The molecule has 0 aliphatic carbocycles. The zero-order chi connectivity index (χ0) is 57.9. The van der Waals surface area contributed by atoms with Crippen molar-refractivity contribution in [3.8, 4) is 0 Å². The van der Waals surface area contributed by atoms with E-state index in [1.54, 1.807) is 6.08 Å². The number of carbonyl (C=O) groups is 1. The van der Waals surface area contributed by atoms with E-state index in [1.807, 2.05) is 6.08 Å². The van der Waals surface area contributed by atoms with Gasteiger partial charge in [-0.05, 0) is 103 Å². The number of nitrogens with one attached hydrogen (secondary N) is 1. The molecular formula is C71H121NO8. The monoisotopic (exact) mass is 1120 g/mol. The van der Waals surface area contributed by atoms with Crippen LogP contribution in [0.2, 0.25) is 0 Å². The highest BCUT2D eigenvalue weighted by molar-refractivity contribution is 5.76. The fourth-order valence-electron chi connectivity index (χ4n) is 9.64. The minimum absolute atomic E-state index is 0.226. The Morgan fingerprint density at radius 1 is 0.438 bits per heavy atom. The maximum absolute atomic E-state index is 13.1. The summed E-state index contributed by atoms with van der Waals surface area (Å²) in [6.07, 6.45) is 81.5. The van der Waals surface area contributed by atoms with Crippen LogP contribution in [0.15, 0.2) is 122 Å². The molecule has 0 aromatic carbocycles. The lowest BCUT2D eigenvalue weighted by molar-refractivity contribution is -0.302. The number of carbonyl (C=O) groups excluding carboxylic acids is 1. The summed E-state index contributed by atoms with van der Waals surface area (Å²) in [6, 6.07) is -0.858. The predicted molar refractivity (Wildman–Crippen MR) is 340 cm³/mol. The Hall–Kier alpha value is -3.41. The van der Waals surface area contributed by atoms with E-state index in [2.05, 4.69) is 129 Å². The van der Waals surface area contributed by atoms with Crippen LogP contribution in [-0.2, 0) is 14.3 Å². The molecule has 458 valence electrons. The summed E-state index contributed by atoms with van der Waals surface area (Å²) in [6.45, 7) is 3.64. The summed E-state index contributed by atoms with van der Waals surface area (Å²) in [5.41, 5.74) is 0. The van der Waals surface area contributed by atoms with Crippen molar-refractivity contribution in [3.05, 3.63) is 122 Å². The average molecular weight is 1120 g/mol. The second kappa shape index (κ2) is 58.8. The third kappa shape index (κ3) is 47.1. The van der Waals surface area contributed by atoms with Gasteiger partial charge in [0.1, 0.15) is 24.4 Å². The SMILES string of the molecule is CC/C=C\C/C=C\C/C=C\C/C=C\C/C=C\C/C=C\C/C=C\CCCCCC(=O)NC(COC1OC(CO)C(O)C(O)C1O)C(O)/C=C/CC/C=C/CC/C=C/CCCCCCCCCCCCCCCCCCCCCCCC. The minimum Gasteiger partial charge on any atom is -0.394 e. The second-order valence-corrected chi connectivity index (χ2v) is 22.2. The molecule has 7 unspecified atom stereocenters. The van der Waals surface area contributed by atoms with Gasteiger partial charge in [-0.25, -0.2) is 0 Å². The molecule has 9 heteroatoms. The quantitative estimate of drug-likeness (QED) is 0.0261. The molecule has 1 aliphatic rings. The Morgan fingerprint density at radius 2 is 0.787 bits per heavy atom. The third-order valence-electron chi connectivity index (χ3n) is 14.7. The van der Waals surface area contributed by atoms with Crippen molar-refractivity contribution < 1.29 is 39.8 Å². The van der Waals surface area contributed by atoms with Crippen LogP contribution in [0.1, 0.15) is 264 Å². The van der Waals surface area contributed by atoms with Gasteiger partial charge in [0.15, 0.2) is 6.29 Å². The standard InChI is InChI=1S/C71H121NO8/c1-3-5-7-9-11-13-15-17-19-21-23-25-27-29-30-31-32-33-34-35-37-38-40-42-44-46-48-50-52-54-56-58-60-65(74)64(63-79-71-70(78)69(77)68(76)66(62-73)80-71)72-67(75)61-59-57-55-53-51-49-47-45-43-41-39-36-28-26-24-22-20-18-16-14-12-10-8-6-4-2/h6,8,12,14,18,20,24,26,36,39,42-45,49-52,58,60,64-66,68-71,73-74,76-78H,3-5,7,9-11,13,15-17,19,21-23,25,27-35,37-38,40-41,46-48,53-57,59,61-63H2,1-2H3,(H,72,75)/b8-6-,14-12-,20-18-,26-24-,39-36-,44-42+,45-43-,51-49-,52-50+,60-58+. The van der Waals surface area contributed by atoms with Crippen molar-refractivity contribution in [2.75, 3.05) is 13.2 Å². The van der Waals surface area contributed by atoms with E-state index in [0.717, 1.165) is 89.9 Å². The minimum atomic E-state index is -1.59. The summed E-state index contributed by atoms with van der Waals surface area (Å²) in [7, 11) is 0. The molecule has 1 aliphatic heterocycles. The summed E-state index contributed by atoms with van der Waals surface area (Å²) in [5, 5.41) is 54.6. The lowest BCUT2D eigenvalue weighted by Gasteiger charge is -2.40. The summed E-state index contributed by atoms with van der Waals surface area (Å²) in [4.78, 5) is 13.1. The van der Waals surface area contributed by atoms with Crippen molar-refractivity contribution in [1.29, 1.82) is 0 Å². The molecule has 1 heterocycles. The number of hydrogen-bond acceptors (Lipinski definition) is 8. The summed E-state index contributed by atoms with van der Waals surface area (Å²) >= 11 is 0. The van der Waals surface area contributed by atoms with E-state index < -0.39 is 49.5 Å². The van der Waals surface area contributed by atoms with Gasteiger partial charge in [0.05, 0.1) is 25.4 Å². The number of unbranched alkanes of at least 4 members (excludes halogenated alkanes) is 27. The van der Waals surface area contributed by atoms with Gasteiger partial charge in [0, 0.05) is 6.42 Å². The predicted octanol–water partition coefficient (Wildman–Crippen LogP) is 17.5. The Balaban J connectivity index is 2.24. The highest BCUT2D eigenvalue weighted by atomic mass is 16.7. The molecule has 6 N–H and O–H groups in total. The molecule has 1 fully saturated rings. The van der Waals surface area contributed by atoms with Crippen molar-refractivity contribution in [2.45, 2.75) is 307 Å². The smallest absolute Gasteiger partial charge is 0.220 e. The van der Waals surface area contributed by atoms with Crippen LogP contribution in [0.3, 0.4) is 0 Å². The van der Waals surface area contributed by atoms with E-state index >= 15 is 0 Å². The highest BCUT2D eigenvalue weighted by Gasteiger charge is 2.44. The van der Waals surface area contributed by atoms with E-state index in [-0.39, 0.29) is 18.9 Å². The Labute approximate surface area is 490 Å². The van der Waals surface area contributed by atoms with Crippen molar-refractivity contribution in [1.82, 2.24) is 5.32 Å². The van der Waals surface area contributed by atoms with Gasteiger partial charge in [-0.1, -0.05) is 277 Å². The molecule has 1 saturated heterocycles. The number of rotatable bonds is 55. The number of aliphatic hydroxyl groups is 5. The van der Waals surface area contributed by atoms with Crippen molar-refractivity contribution >= 4 is 5.91 Å². The molecule has 0 aromatic heterocycles. The zero-order valence-electron chi connectivity index (χ0n) is 51.0. The largest absolute Gasteiger partial charge is 0.394 e. The van der Waals surface area contributed by atoms with Crippen LogP contribution in [-0.4, -0.2) is 87.5 Å². The Bertz CT molecular complexity index is 1670. The van der Waals surface area contributed by atoms with Crippen molar-refractivity contribution in [3.63, 3.8) is 0 Å². The molecule has 1 amide bonds. The van der Waals surface area contributed by atoms with Crippen LogP contribution >= 0.6 is 0 Å². The first kappa shape index (κ1) is 74.6. The van der Waals surface area contributed by atoms with Crippen LogP contribution in [0.25, 0.3) is 0 Å². The molecule has 80 heavy (non-hydrogen) atoms. The summed E-state index contributed by atoms with van der Waals surface area (Å²) < 4.78 is 11.3. The maximum atomic E-state index is 13.1. The average Bonchev–Trinajstić information content (AvgIpc) is 3.46. The molecule has 0 aromatic rings. The van der Waals surface area contributed by atoms with E-state index in [4.69, 9.17) is 9.47 Å². The Kier molecular flexibility index (Phi) is 54.8. The molecule has 7 atom stereocenters. The molecule has 0 spiro atoms. The number of amides is 1. The number of aliphatic hydroxyl groups excluding tert-OH is 5. The first-order valence-corrected chi connectivity index (χ1v) is 32.8. The fourth-order valence-corrected chi connectivity index (χ4v) is 9.64. The molecule has 0 saturated carbocycles. The van der Waals surface area contributed by atoms with Gasteiger partial charge in [-0.2, -0.15) is 0 Å². The van der Waals surface area contributed by atoms with Crippen molar-refractivity contribution in [2.24, 2.45) is 0 Å². The van der Waals surface area contributed by atoms with Crippen LogP contribution < -0.4 is 5.32 Å². The van der Waals surface area contributed by atoms with Gasteiger partial charge in [-0.15, -0.1) is 0 Å². The molecular weight excluding hydrogens is 995 g/mol. The molecule has 1 rings (SSSR count). The van der Waals surface area contributed by atoms with Crippen LogP contribution in [0.4, 0.5) is 0 Å². The maximum Gasteiger partial charge on any atom is 0.220 e. The van der Waals surface area contributed by atoms with Crippen LogP contribution in [0.5, 0.6) is 0 Å². The lowest BCUT2D eigenvalue weighted by Crippen LogP contribution is -2.60. The van der Waals surface area contributed by atoms with E-state index in [9.17, 15) is 30.3 Å². The van der Waals surface area contributed by atoms with E-state index in [0.29, 0.717) is 12.8 Å². The fraction of sp³-hybridized carbons (Fsp3) is 0.704. The first-order chi connectivity index (χ1) is 39.3. The topological polar surface area (TPSA) is 149 Å². The molecule has 9 nitrogen and oxygen atoms in total. The van der Waals surface area contributed by atoms with Gasteiger partial charge < -0.3 is 40.3 Å². The van der Waals surface area contributed by atoms with E-state index in [1.165, 1.54) is 141 Å². The number of ether oxygens (including phenoxy) is 2. The van der Waals surface area contributed by atoms with Crippen LogP contribution in [0, 0.1) is 0 Å². The molecule has 0 bridgehead atoms. The zero-order valence-corrected chi connectivity index (χ0v) is 51.0. The van der Waals surface area contributed by atoms with Gasteiger partial charge in [0.2, 0.25) is 5.91 Å².